The standard InChI is InChI=1S/C23H26N4O4/c1-15-25-18-12-21(31-3)20(30-2)11-17(18)23(29)27(15)14-22(28)26-10-5-4-8-19(26)16-7-6-9-24-13-16/h6-7,9,11-13,19H,4-5,8,10,14H2,1-3H3. The lowest BCUT2D eigenvalue weighted by Gasteiger charge is -2.36. The Morgan fingerprint density at radius 2 is 1.97 bits per heavy atom. The van der Waals surface area contributed by atoms with E-state index < -0.39 is 0 Å². The van der Waals surface area contributed by atoms with E-state index in [0.29, 0.717) is 34.8 Å². The maximum atomic E-state index is 13.3. The second kappa shape index (κ2) is 8.75. The van der Waals surface area contributed by atoms with Gasteiger partial charge in [-0.05, 0) is 43.9 Å². The molecule has 3 heterocycles. The quantitative estimate of drug-likeness (QED) is 0.628. The van der Waals surface area contributed by atoms with E-state index >= 15 is 0 Å². The number of aryl methyl sites for hydroxylation is 1. The molecule has 8 heteroatoms. The van der Waals surface area contributed by atoms with Gasteiger partial charge in [-0.2, -0.15) is 0 Å². The molecule has 0 bridgehead atoms. The number of aromatic nitrogens is 3. The van der Waals surface area contributed by atoms with Crippen LogP contribution < -0.4 is 15.0 Å². The molecule has 1 aliphatic heterocycles. The first-order valence-corrected chi connectivity index (χ1v) is 10.4. The predicted octanol–water partition coefficient (Wildman–Crippen LogP) is 2.87. The summed E-state index contributed by atoms with van der Waals surface area (Å²) < 4.78 is 12.1. The summed E-state index contributed by atoms with van der Waals surface area (Å²) in [5.74, 6) is 1.33. The first-order chi connectivity index (χ1) is 15.0. The Labute approximate surface area is 180 Å². The molecule has 0 saturated carbocycles. The van der Waals surface area contributed by atoms with Crippen LogP contribution in [0.3, 0.4) is 0 Å². The fourth-order valence-electron chi connectivity index (χ4n) is 4.22. The number of fused-ring (bicyclic) bond motifs is 1. The van der Waals surface area contributed by atoms with Gasteiger partial charge in [-0.25, -0.2) is 4.98 Å². The van der Waals surface area contributed by atoms with Crippen LogP contribution in [-0.4, -0.2) is 46.1 Å². The number of piperidine rings is 1. The van der Waals surface area contributed by atoms with Gasteiger partial charge in [-0.3, -0.25) is 19.1 Å². The summed E-state index contributed by atoms with van der Waals surface area (Å²) >= 11 is 0. The lowest BCUT2D eigenvalue weighted by molar-refractivity contribution is -0.135. The largest absolute Gasteiger partial charge is 0.493 e. The summed E-state index contributed by atoms with van der Waals surface area (Å²) in [6, 6.07) is 7.15. The summed E-state index contributed by atoms with van der Waals surface area (Å²) in [6.45, 7) is 2.34. The smallest absolute Gasteiger partial charge is 0.262 e. The van der Waals surface area contributed by atoms with E-state index in [4.69, 9.17) is 9.47 Å². The Kier molecular flexibility index (Phi) is 5.88. The number of carbonyl (C=O) groups is 1. The van der Waals surface area contributed by atoms with Gasteiger partial charge in [0.2, 0.25) is 5.91 Å². The van der Waals surface area contributed by atoms with Crippen molar-refractivity contribution >= 4 is 16.8 Å². The van der Waals surface area contributed by atoms with E-state index in [1.165, 1.54) is 18.8 Å². The average Bonchev–Trinajstić information content (AvgIpc) is 2.81. The SMILES string of the molecule is COc1cc2nc(C)n(CC(=O)N3CCCCC3c3cccnc3)c(=O)c2cc1OC. The molecule has 162 valence electrons. The predicted molar refractivity (Wildman–Crippen MR) is 116 cm³/mol. The van der Waals surface area contributed by atoms with Crippen LogP contribution in [-0.2, 0) is 11.3 Å². The van der Waals surface area contributed by atoms with Crippen LogP contribution in [0.15, 0.2) is 41.5 Å². The van der Waals surface area contributed by atoms with E-state index in [2.05, 4.69) is 9.97 Å². The average molecular weight is 422 g/mol. The fraction of sp³-hybridized carbons (Fsp3) is 0.391. The summed E-state index contributed by atoms with van der Waals surface area (Å²) in [5, 5.41) is 0.388. The molecular formula is C23H26N4O4. The number of likely N-dealkylation sites (tertiary alicyclic amines) is 1. The summed E-state index contributed by atoms with van der Waals surface area (Å²) in [5.41, 5.74) is 1.26. The van der Waals surface area contributed by atoms with E-state index in [9.17, 15) is 9.59 Å². The van der Waals surface area contributed by atoms with E-state index in [0.717, 1.165) is 24.8 Å². The number of rotatable bonds is 5. The first-order valence-electron chi connectivity index (χ1n) is 10.4. The normalized spacial score (nSPS) is 16.4. The molecule has 2 aromatic heterocycles. The molecule has 0 N–H and O–H groups in total. The number of nitrogens with zero attached hydrogens (tertiary/aromatic N) is 4. The van der Waals surface area contributed by atoms with Gasteiger partial charge < -0.3 is 14.4 Å². The molecule has 0 aliphatic carbocycles. The Morgan fingerprint density at radius 3 is 2.68 bits per heavy atom. The minimum absolute atomic E-state index is 0.0243. The fourth-order valence-corrected chi connectivity index (χ4v) is 4.22. The molecule has 1 aliphatic rings. The van der Waals surface area contributed by atoms with Crippen molar-refractivity contribution in [3.8, 4) is 11.5 Å². The monoisotopic (exact) mass is 422 g/mol. The van der Waals surface area contributed by atoms with Crippen molar-refractivity contribution in [2.45, 2.75) is 38.8 Å². The van der Waals surface area contributed by atoms with Crippen LogP contribution in [0.25, 0.3) is 10.9 Å². The third-order valence-electron chi connectivity index (χ3n) is 5.84. The molecule has 0 radical (unpaired) electrons. The van der Waals surface area contributed by atoms with Crippen molar-refractivity contribution in [2.75, 3.05) is 20.8 Å². The summed E-state index contributed by atoms with van der Waals surface area (Å²) in [4.78, 5) is 37.1. The summed E-state index contributed by atoms with van der Waals surface area (Å²) in [7, 11) is 3.05. The highest BCUT2D eigenvalue weighted by atomic mass is 16.5. The van der Waals surface area contributed by atoms with Gasteiger partial charge in [0.25, 0.3) is 5.56 Å². The third-order valence-corrected chi connectivity index (χ3v) is 5.84. The molecule has 1 aromatic carbocycles. The second-order valence-electron chi connectivity index (χ2n) is 7.66. The van der Waals surface area contributed by atoms with Crippen LogP contribution in [0.5, 0.6) is 11.5 Å². The molecule has 1 amide bonds. The number of carbonyl (C=O) groups excluding carboxylic acids is 1. The van der Waals surface area contributed by atoms with Crippen molar-refractivity contribution < 1.29 is 14.3 Å². The topological polar surface area (TPSA) is 86.6 Å². The number of methoxy groups -OCH3 is 2. The lowest BCUT2D eigenvalue weighted by Crippen LogP contribution is -2.42. The molecular weight excluding hydrogens is 396 g/mol. The molecule has 3 aromatic rings. The molecule has 8 nitrogen and oxygen atoms in total. The Bertz CT molecular complexity index is 1160. The van der Waals surface area contributed by atoms with Gasteiger partial charge in [-0.1, -0.05) is 6.07 Å². The van der Waals surface area contributed by atoms with Crippen LogP contribution in [0.2, 0.25) is 0 Å². The van der Waals surface area contributed by atoms with Crippen LogP contribution in [0.4, 0.5) is 0 Å². The van der Waals surface area contributed by atoms with E-state index in [1.807, 2.05) is 23.2 Å². The Balaban J connectivity index is 1.68. The number of pyridine rings is 1. The van der Waals surface area contributed by atoms with Crippen molar-refractivity contribution in [1.82, 2.24) is 19.4 Å². The summed E-state index contributed by atoms with van der Waals surface area (Å²) in [6.07, 6.45) is 6.43. The Hall–Kier alpha value is -3.42. The van der Waals surface area contributed by atoms with Crippen molar-refractivity contribution in [1.29, 1.82) is 0 Å². The molecule has 1 unspecified atom stereocenters. The van der Waals surface area contributed by atoms with Crippen molar-refractivity contribution in [2.24, 2.45) is 0 Å². The zero-order valence-corrected chi connectivity index (χ0v) is 18.0. The minimum Gasteiger partial charge on any atom is -0.493 e. The highest BCUT2D eigenvalue weighted by molar-refractivity contribution is 5.83. The zero-order valence-electron chi connectivity index (χ0n) is 18.0. The Morgan fingerprint density at radius 1 is 1.19 bits per heavy atom. The number of amides is 1. The van der Waals surface area contributed by atoms with Gasteiger partial charge in [0, 0.05) is 25.0 Å². The molecule has 1 atom stereocenters. The van der Waals surface area contributed by atoms with Gasteiger partial charge in [0.15, 0.2) is 11.5 Å². The molecule has 1 fully saturated rings. The van der Waals surface area contributed by atoms with Crippen LogP contribution >= 0.6 is 0 Å². The maximum Gasteiger partial charge on any atom is 0.262 e. The zero-order chi connectivity index (χ0) is 22.0. The highest BCUT2D eigenvalue weighted by Gasteiger charge is 2.29. The molecule has 31 heavy (non-hydrogen) atoms. The molecule has 0 spiro atoms. The van der Waals surface area contributed by atoms with E-state index in [-0.39, 0.29) is 24.1 Å². The molecule has 4 rings (SSSR count). The van der Waals surface area contributed by atoms with Crippen LogP contribution in [0, 0.1) is 6.92 Å². The number of ether oxygens (including phenoxy) is 2. The lowest BCUT2D eigenvalue weighted by atomic mass is 9.96. The van der Waals surface area contributed by atoms with Crippen molar-refractivity contribution in [3.05, 3.63) is 58.4 Å². The second-order valence-corrected chi connectivity index (χ2v) is 7.66. The van der Waals surface area contributed by atoms with E-state index in [1.54, 1.807) is 25.3 Å². The van der Waals surface area contributed by atoms with Gasteiger partial charge >= 0.3 is 0 Å². The highest BCUT2D eigenvalue weighted by Crippen LogP contribution is 2.32. The van der Waals surface area contributed by atoms with Gasteiger partial charge in [0.1, 0.15) is 12.4 Å². The maximum absolute atomic E-state index is 13.3. The minimum atomic E-state index is -0.272. The van der Waals surface area contributed by atoms with Gasteiger partial charge in [0.05, 0.1) is 31.2 Å². The number of benzene rings is 1. The molecule has 1 saturated heterocycles. The van der Waals surface area contributed by atoms with Gasteiger partial charge in [-0.15, -0.1) is 0 Å². The third kappa shape index (κ3) is 3.97. The van der Waals surface area contributed by atoms with Crippen molar-refractivity contribution in [3.63, 3.8) is 0 Å². The number of hydrogen-bond acceptors (Lipinski definition) is 6. The van der Waals surface area contributed by atoms with Crippen LogP contribution in [0.1, 0.15) is 36.7 Å². The first kappa shape index (κ1) is 20.8. The number of hydrogen-bond donors (Lipinski definition) is 0.